The summed E-state index contributed by atoms with van der Waals surface area (Å²) in [6.45, 7) is 5.68. The van der Waals surface area contributed by atoms with Gasteiger partial charge in [0.25, 0.3) is 0 Å². The lowest BCUT2D eigenvalue weighted by molar-refractivity contribution is -0.123. The van der Waals surface area contributed by atoms with Crippen LogP contribution in [0.15, 0.2) is 24.3 Å². The predicted molar refractivity (Wildman–Crippen MR) is 97.5 cm³/mol. The van der Waals surface area contributed by atoms with Gasteiger partial charge in [-0.15, -0.1) is 24.8 Å². The largest absolute Gasteiger partial charge is 0.348 e. The highest BCUT2D eigenvalue weighted by Gasteiger charge is 2.22. The first kappa shape index (κ1) is 19.7. The molecule has 2 N–H and O–H groups in total. The molecule has 2 aromatic rings. The summed E-state index contributed by atoms with van der Waals surface area (Å²) in [5.74, 6) is 0.993. The number of rotatable bonds is 4. The monoisotopic (exact) mass is 358 g/mol. The van der Waals surface area contributed by atoms with E-state index in [9.17, 15) is 4.79 Å². The molecule has 0 spiro atoms. The normalized spacial score (nSPS) is 16.9. The topological polar surface area (TPSA) is 59.0 Å². The van der Waals surface area contributed by atoms with Crippen molar-refractivity contribution in [2.75, 3.05) is 6.54 Å². The van der Waals surface area contributed by atoms with Crippen molar-refractivity contribution < 1.29 is 4.79 Å². The summed E-state index contributed by atoms with van der Waals surface area (Å²) in [6, 6.07) is 8.37. The standard InChI is InChI=1S/C16H22N4O.2ClH/c1-11(2)20-14-8-4-3-6-12(14)19-15(20)10-18-16(21)13-7-5-9-17-13;;/h3-4,6,8,11,13,17H,5,7,9-10H2,1-2H3,(H,18,21);2*1H. The minimum absolute atomic E-state index is 0. The highest BCUT2D eigenvalue weighted by molar-refractivity contribution is 5.85. The highest BCUT2D eigenvalue weighted by Crippen LogP contribution is 2.20. The Morgan fingerprint density at radius 3 is 2.78 bits per heavy atom. The SMILES string of the molecule is CC(C)n1c(CNC(=O)C2CCCN2)nc2ccccc21.Cl.Cl. The van der Waals surface area contributed by atoms with Crippen molar-refractivity contribution in [2.45, 2.75) is 45.3 Å². The molecule has 1 aromatic carbocycles. The average molecular weight is 359 g/mol. The number of benzene rings is 1. The highest BCUT2D eigenvalue weighted by atomic mass is 35.5. The molecule has 0 saturated carbocycles. The van der Waals surface area contributed by atoms with Crippen molar-refractivity contribution in [3.63, 3.8) is 0 Å². The molecular formula is C16H24Cl2N4O. The molecule has 0 aliphatic carbocycles. The lowest BCUT2D eigenvalue weighted by atomic mass is 10.2. The van der Waals surface area contributed by atoms with Crippen molar-refractivity contribution in [1.29, 1.82) is 0 Å². The third kappa shape index (κ3) is 4.16. The minimum atomic E-state index is -0.0399. The van der Waals surface area contributed by atoms with Gasteiger partial charge in [-0.3, -0.25) is 4.79 Å². The number of hydrogen-bond donors (Lipinski definition) is 2. The van der Waals surface area contributed by atoms with Gasteiger partial charge in [0.15, 0.2) is 0 Å². The molecule has 7 heteroatoms. The maximum atomic E-state index is 12.1. The van der Waals surface area contributed by atoms with Crippen LogP contribution in [0.3, 0.4) is 0 Å². The number of carbonyl (C=O) groups excluding carboxylic acids is 1. The number of fused-ring (bicyclic) bond motifs is 1. The molecule has 128 valence electrons. The molecule has 1 atom stereocenters. The third-order valence-corrected chi connectivity index (χ3v) is 3.98. The molecule has 23 heavy (non-hydrogen) atoms. The van der Waals surface area contributed by atoms with Crippen LogP contribution in [0.1, 0.15) is 38.6 Å². The summed E-state index contributed by atoms with van der Waals surface area (Å²) in [5.41, 5.74) is 2.10. The lowest BCUT2D eigenvalue weighted by Gasteiger charge is -2.15. The Morgan fingerprint density at radius 2 is 2.13 bits per heavy atom. The van der Waals surface area contributed by atoms with E-state index < -0.39 is 0 Å². The molecule has 1 aliphatic rings. The van der Waals surface area contributed by atoms with Crippen LogP contribution in [0.5, 0.6) is 0 Å². The fourth-order valence-corrected chi connectivity index (χ4v) is 2.99. The first-order valence-electron chi connectivity index (χ1n) is 7.64. The Hall–Kier alpha value is -1.30. The molecule has 1 amide bonds. The molecule has 1 unspecified atom stereocenters. The number of amides is 1. The van der Waals surface area contributed by atoms with E-state index in [0.717, 1.165) is 36.2 Å². The zero-order chi connectivity index (χ0) is 14.8. The van der Waals surface area contributed by atoms with Gasteiger partial charge in [0.05, 0.1) is 23.6 Å². The van der Waals surface area contributed by atoms with Gasteiger partial charge in [0, 0.05) is 6.04 Å². The Kier molecular flexibility index (Phi) is 7.32. The summed E-state index contributed by atoms with van der Waals surface area (Å²) in [6.07, 6.45) is 2.00. The van der Waals surface area contributed by atoms with Crippen molar-refractivity contribution >= 4 is 41.8 Å². The zero-order valence-electron chi connectivity index (χ0n) is 13.4. The van der Waals surface area contributed by atoms with E-state index in [1.165, 1.54) is 0 Å². The average Bonchev–Trinajstić information content (AvgIpc) is 3.11. The van der Waals surface area contributed by atoms with Crippen LogP contribution in [0, 0.1) is 0 Å². The van der Waals surface area contributed by atoms with Gasteiger partial charge >= 0.3 is 0 Å². The number of halogens is 2. The van der Waals surface area contributed by atoms with Gasteiger partial charge in [-0.25, -0.2) is 4.98 Å². The van der Waals surface area contributed by atoms with Gasteiger partial charge in [0.2, 0.25) is 5.91 Å². The van der Waals surface area contributed by atoms with Gasteiger partial charge in [-0.1, -0.05) is 12.1 Å². The maximum Gasteiger partial charge on any atom is 0.237 e. The van der Waals surface area contributed by atoms with Crippen molar-refractivity contribution in [2.24, 2.45) is 0 Å². The first-order chi connectivity index (χ1) is 10.2. The summed E-state index contributed by atoms with van der Waals surface area (Å²) in [7, 11) is 0. The zero-order valence-corrected chi connectivity index (χ0v) is 15.0. The van der Waals surface area contributed by atoms with Gasteiger partial charge in [0.1, 0.15) is 5.82 Å². The molecule has 3 rings (SSSR count). The number of para-hydroxylation sites is 2. The molecule has 1 saturated heterocycles. The molecule has 0 bridgehead atoms. The number of hydrogen-bond acceptors (Lipinski definition) is 3. The summed E-state index contributed by atoms with van der Waals surface area (Å²) in [5, 5.41) is 6.23. The van der Waals surface area contributed by atoms with Gasteiger partial charge in [-0.05, 0) is 45.4 Å². The fraction of sp³-hybridized carbons (Fsp3) is 0.500. The van der Waals surface area contributed by atoms with Crippen molar-refractivity contribution in [1.82, 2.24) is 20.2 Å². The summed E-state index contributed by atoms with van der Waals surface area (Å²) < 4.78 is 2.19. The second-order valence-electron chi connectivity index (χ2n) is 5.85. The summed E-state index contributed by atoms with van der Waals surface area (Å²) >= 11 is 0. The number of imidazole rings is 1. The minimum Gasteiger partial charge on any atom is -0.348 e. The molecular weight excluding hydrogens is 335 g/mol. The molecule has 0 radical (unpaired) electrons. The number of nitrogens with zero attached hydrogens (tertiary/aromatic N) is 2. The van der Waals surface area contributed by atoms with Crippen LogP contribution in [-0.2, 0) is 11.3 Å². The van der Waals surface area contributed by atoms with E-state index in [2.05, 4.69) is 40.1 Å². The van der Waals surface area contributed by atoms with Crippen molar-refractivity contribution in [3.8, 4) is 0 Å². The molecule has 5 nitrogen and oxygen atoms in total. The Morgan fingerprint density at radius 1 is 1.39 bits per heavy atom. The van der Waals surface area contributed by atoms with Gasteiger partial charge in [-0.2, -0.15) is 0 Å². The van der Waals surface area contributed by atoms with E-state index in [1.54, 1.807) is 0 Å². The first-order valence-corrected chi connectivity index (χ1v) is 7.64. The Bertz CT molecular complexity index is 651. The van der Waals surface area contributed by atoms with Gasteiger partial charge < -0.3 is 15.2 Å². The van der Waals surface area contributed by atoms with Crippen LogP contribution >= 0.6 is 24.8 Å². The van der Waals surface area contributed by atoms with Crippen molar-refractivity contribution in [3.05, 3.63) is 30.1 Å². The van der Waals surface area contributed by atoms with Crippen LogP contribution in [0.4, 0.5) is 0 Å². The number of aromatic nitrogens is 2. The second-order valence-corrected chi connectivity index (χ2v) is 5.85. The predicted octanol–water partition coefficient (Wildman–Crippen LogP) is 2.83. The fourth-order valence-electron chi connectivity index (χ4n) is 2.99. The van der Waals surface area contributed by atoms with Crippen LogP contribution in [0.2, 0.25) is 0 Å². The second kappa shape index (κ2) is 8.52. The number of carbonyl (C=O) groups is 1. The van der Waals surface area contributed by atoms with Crippen LogP contribution in [0.25, 0.3) is 11.0 Å². The lowest BCUT2D eigenvalue weighted by Crippen LogP contribution is -2.40. The molecule has 1 aromatic heterocycles. The van der Waals surface area contributed by atoms with Crippen LogP contribution < -0.4 is 10.6 Å². The maximum absolute atomic E-state index is 12.1. The Balaban J connectivity index is 0.00000132. The molecule has 1 aliphatic heterocycles. The summed E-state index contributed by atoms with van der Waals surface area (Å²) in [4.78, 5) is 16.8. The number of nitrogens with one attached hydrogen (secondary N) is 2. The van der Waals surface area contributed by atoms with Crippen LogP contribution in [-0.4, -0.2) is 28.0 Å². The van der Waals surface area contributed by atoms with E-state index in [1.807, 2.05) is 18.2 Å². The van der Waals surface area contributed by atoms with E-state index in [4.69, 9.17) is 0 Å². The molecule has 1 fully saturated rings. The quantitative estimate of drug-likeness (QED) is 0.883. The Labute approximate surface area is 149 Å². The third-order valence-electron chi connectivity index (χ3n) is 3.98. The van der Waals surface area contributed by atoms with E-state index in [0.29, 0.717) is 12.6 Å². The van der Waals surface area contributed by atoms with E-state index >= 15 is 0 Å². The molecule has 2 heterocycles. The van der Waals surface area contributed by atoms with E-state index in [-0.39, 0.29) is 36.8 Å². The smallest absolute Gasteiger partial charge is 0.237 e.